The Kier molecular flexibility index (Phi) is 5.49. The molecule has 1 saturated carbocycles. The predicted octanol–water partition coefficient (Wildman–Crippen LogP) is 3.96. The molecule has 3 heterocycles. The third-order valence-corrected chi connectivity index (χ3v) is 5.82. The normalized spacial score (nSPS) is 13.7. The topological polar surface area (TPSA) is 76.2 Å². The molecule has 1 aliphatic carbocycles. The van der Waals surface area contributed by atoms with Crippen LogP contribution in [0, 0.1) is 6.92 Å². The monoisotopic (exact) mass is 429 g/mol. The minimum Gasteiger partial charge on any atom is -0.468 e. The number of carbonyl (C=O) groups is 1. The summed E-state index contributed by atoms with van der Waals surface area (Å²) in [6, 6.07) is 14.3. The number of pyridine rings is 1. The number of hydrogen-bond donors (Lipinski definition) is 1. The molecular weight excluding hydrogens is 402 g/mol. The van der Waals surface area contributed by atoms with Crippen molar-refractivity contribution in [1.82, 2.24) is 25.0 Å². The Morgan fingerprint density at radius 1 is 1.16 bits per heavy atom. The molecule has 32 heavy (non-hydrogen) atoms. The lowest BCUT2D eigenvalue weighted by molar-refractivity contribution is 0.0951. The Bertz CT molecular complexity index is 1220. The zero-order chi connectivity index (χ0) is 22.1. The van der Waals surface area contributed by atoms with Gasteiger partial charge in [0.2, 0.25) is 0 Å². The average molecular weight is 430 g/mol. The van der Waals surface area contributed by atoms with Gasteiger partial charge >= 0.3 is 0 Å². The predicted molar refractivity (Wildman–Crippen MR) is 122 cm³/mol. The molecule has 164 valence electrons. The number of furan rings is 1. The van der Waals surface area contributed by atoms with Gasteiger partial charge in [-0.15, -0.1) is 0 Å². The highest BCUT2D eigenvalue weighted by Gasteiger charge is 2.23. The van der Waals surface area contributed by atoms with E-state index in [-0.39, 0.29) is 5.91 Å². The smallest absolute Gasteiger partial charge is 0.251 e. The Hall–Kier alpha value is -3.45. The summed E-state index contributed by atoms with van der Waals surface area (Å²) in [5.74, 6) is 0.926. The highest BCUT2D eigenvalue weighted by atomic mass is 16.3. The second kappa shape index (κ2) is 8.59. The van der Waals surface area contributed by atoms with Gasteiger partial charge in [0, 0.05) is 43.3 Å². The van der Waals surface area contributed by atoms with Crippen LogP contribution in [0.25, 0.3) is 11.0 Å². The standard InChI is InChI=1S/C25H27N5O2/c1-17-23-12-19(13-26-24(23)29(2)28-17)15-30(16-22-4-3-11-32-22)14-18-5-7-20(8-6-18)25(31)27-21-9-10-21/h3-8,11-13,21H,9-10,14-16H2,1-2H3,(H,27,31). The number of fused-ring (bicyclic) bond motifs is 1. The van der Waals surface area contributed by atoms with Crippen molar-refractivity contribution in [2.24, 2.45) is 7.05 Å². The summed E-state index contributed by atoms with van der Waals surface area (Å²) < 4.78 is 7.42. The summed E-state index contributed by atoms with van der Waals surface area (Å²) in [7, 11) is 1.92. The largest absolute Gasteiger partial charge is 0.468 e. The maximum atomic E-state index is 12.3. The first-order valence-electron chi connectivity index (χ1n) is 11.0. The molecule has 0 saturated heterocycles. The lowest BCUT2D eigenvalue weighted by Gasteiger charge is -2.21. The van der Waals surface area contributed by atoms with E-state index in [1.165, 1.54) is 0 Å². The van der Waals surface area contributed by atoms with Crippen LogP contribution in [-0.2, 0) is 26.7 Å². The van der Waals surface area contributed by atoms with Crippen molar-refractivity contribution in [3.8, 4) is 0 Å². The molecule has 0 bridgehead atoms. The molecule has 7 heteroatoms. The molecule has 0 spiro atoms. The highest BCUT2D eigenvalue weighted by Crippen LogP contribution is 2.21. The number of aromatic nitrogens is 3. The average Bonchev–Trinajstić information content (AvgIpc) is 3.36. The van der Waals surface area contributed by atoms with E-state index in [0.717, 1.165) is 59.5 Å². The number of carbonyl (C=O) groups excluding carboxylic acids is 1. The summed E-state index contributed by atoms with van der Waals surface area (Å²) in [5.41, 5.74) is 4.85. The number of nitrogens with zero attached hydrogens (tertiary/aromatic N) is 4. The molecule has 7 nitrogen and oxygen atoms in total. The molecule has 1 N–H and O–H groups in total. The van der Waals surface area contributed by atoms with E-state index in [1.807, 2.05) is 61.2 Å². The van der Waals surface area contributed by atoms with Crippen LogP contribution in [0.2, 0.25) is 0 Å². The van der Waals surface area contributed by atoms with Crippen molar-refractivity contribution < 1.29 is 9.21 Å². The fourth-order valence-electron chi connectivity index (χ4n) is 4.00. The zero-order valence-corrected chi connectivity index (χ0v) is 18.4. The van der Waals surface area contributed by atoms with E-state index in [9.17, 15) is 4.79 Å². The van der Waals surface area contributed by atoms with Crippen LogP contribution < -0.4 is 5.32 Å². The number of amides is 1. The van der Waals surface area contributed by atoms with Gasteiger partial charge in [0.05, 0.1) is 18.5 Å². The molecule has 0 aliphatic heterocycles. The summed E-state index contributed by atoms with van der Waals surface area (Å²) in [4.78, 5) is 19.2. The Morgan fingerprint density at radius 2 is 1.94 bits per heavy atom. The number of hydrogen-bond acceptors (Lipinski definition) is 5. The lowest BCUT2D eigenvalue weighted by atomic mass is 10.1. The fraction of sp³-hybridized carbons (Fsp3) is 0.320. The molecule has 1 amide bonds. The van der Waals surface area contributed by atoms with Crippen LogP contribution in [0.5, 0.6) is 0 Å². The summed E-state index contributed by atoms with van der Waals surface area (Å²) >= 11 is 0. The molecule has 1 aromatic carbocycles. The Labute approximate surface area is 187 Å². The molecule has 1 fully saturated rings. The fourth-order valence-corrected chi connectivity index (χ4v) is 4.00. The van der Waals surface area contributed by atoms with Crippen LogP contribution in [0.1, 0.15) is 45.8 Å². The van der Waals surface area contributed by atoms with Crippen LogP contribution in [0.3, 0.4) is 0 Å². The minimum absolute atomic E-state index is 0.0118. The minimum atomic E-state index is 0.0118. The van der Waals surface area contributed by atoms with Gasteiger partial charge < -0.3 is 9.73 Å². The van der Waals surface area contributed by atoms with Crippen molar-refractivity contribution in [1.29, 1.82) is 0 Å². The van der Waals surface area contributed by atoms with Crippen molar-refractivity contribution in [2.45, 2.75) is 45.4 Å². The summed E-state index contributed by atoms with van der Waals surface area (Å²) in [5, 5.41) is 8.59. The van der Waals surface area contributed by atoms with Gasteiger partial charge in [-0.25, -0.2) is 4.98 Å². The van der Waals surface area contributed by atoms with E-state index in [2.05, 4.69) is 26.4 Å². The third-order valence-electron chi connectivity index (χ3n) is 5.82. The van der Waals surface area contributed by atoms with Crippen molar-refractivity contribution in [3.05, 3.63) is 83.1 Å². The van der Waals surface area contributed by atoms with Crippen LogP contribution >= 0.6 is 0 Å². The van der Waals surface area contributed by atoms with E-state index in [0.29, 0.717) is 18.2 Å². The highest BCUT2D eigenvalue weighted by molar-refractivity contribution is 5.94. The molecule has 0 atom stereocenters. The molecule has 0 unspecified atom stereocenters. The first-order valence-corrected chi connectivity index (χ1v) is 11.0. The number of benzene rings is 1. The van der Waals surface area contributed by atoms with Crippen molar-refractivity contribution >= 4 is 16.9 Å². The van der Waals surface area contributed by atoms with E-state index < -0.39 is 0 Å². The first kappa shape index (κ1) is 20.5. The van der Waals surface area contributed by atoms with Gasteiger partial charge in [-0.05, 0) is 61.2 Å². The number of nitrogens with one attached hydrogen (secondary N) is 1. The maximum Gasteiger partial charge on any atom is 0.251 e. The number of rotatable bonds is 8. The zero-order valence-electron chi connectivity index (χ0n) is 18.4. The SMILES string of the molecule is Cc1nn(C)c2ncc(CN(Cc3ccc(C(=O)NC4CC4)cc3)Cc3ccco3)cc12. The van der Waals surface area contributed by atoms with Gasteiger partial charge in [0.15, 0.2) is 5.65 Å². The summed E-state index contributed by atoms with van der Waals surface area (Å²) in [6.07, 6.45) is 5.80. The van der Waals surface area contributed by atoms with Gasteiger partial charge in [-0.3, -0.25) is 14.4 Å². The maximum absolute atomic E-state index is 12.3. The Balaban J connectivity index is 1.34. The second-order valence-electron chi connectivity index (χ2n) is 8.59. The van der Waals surface area contributed by atoms with Gasteiger partial charge in [0.25, 0.3) is 5.91 Å². The molecule has 4 aromatic rings. The van der Waals surface area contributed by atoms with Crippen molar-refractivity contribution in [3.63, 3.8) is 0 Å². The Morgan fingerprint density at radius 3 is 2.66 bits per heavy atom. The first-order chi connectivity index (χ1) is 15.5. The van der Waals surface area contributed by atoms with E-state index in [4.69, 9.17) is 4.42 Å². The van der Waals surface area contributed by atoms with E-state index in [1.54, 1.807) is 6.26 Å². The molecule has 1 aliphatic rings. The van der Waals surface area contributed by atoms with Crippen LogP contribution in [0.15, 0.2) is 59.3 Å². The third kappa shape index (κ3) is 4.57. The van der Waals surface area contributed by atoms with Gasteiger partial charge in [-0.2, -0.15) is 5.10 Å². The quantitative estimate of drug-likeness (QED) is 0.459. The van der Waals surface area contributed by atoms with Crippen LogP contribution in [0.4, 0.5) is 0 Å². The van der Waals surface area contributed by atoms with Crippen LogP contribution in [-0.4, -0.2) is 31.6 Å². The van der Waals surface area contributed by atoms with Gasteiger partial charge in [-0.1, -0.05) is 12.1 Å². The molecule has 0 radical (unpaired) electrons. The van der Waals surface area contributed by atoms with Gasteiger partial charge in [0.1, 0.15) is 5.76 Å². The number of aryl methyl sites for hydroxylation is 2. The second-order valence-corrected chi connectivity index (χ2v) is 8.59. The molecule has 5 rings (SSSR count). The lowest BCUT2D eigenvalue weighted by Crippen LogP contribution is -2.25. The summed E-state index contributed by atoms with van der Waals surface area (Å²) in [6.45, 7) is 4.15. The van der Waals surface area contributed by atoms with E-state index >= 15 is 0 Å². The van der Waals surface area contributed by atoms with Crippen molar-refractivity contribution in [2.75, 3.05) is 0 Å². The molecular formula is C25H27N5O2. The molecule has 3 aromatic heterocycles.